The molecule has 114 valence electrons. The van der Waals surface area contributed by atoms with Gasteiger partial charge < -0.3 is 5.43 Å². The Morgan fingerprint density at radius 3 is 2.36 bits per heavy atom. The lowest BCUT2D eigenvalue weighted by atomic mass is 10.0. The minimum Gasteiger partial charge on any atom is -0.310 e. The van der Waals surface area contributed by atoms with Crippen LogP contribution in [0, 0.1) is 6.92 Å². The largest absolute Gasteiger partial charge is 0.310 e. The van der Waals surface area contributed by atoms with Crippen LogP contribution in [0.5, 0.6) is 0 Å². The molecule has 0 aliphatic carbocycles. The highest BCUT2D eigenvalue weighted by molar-refractivity contribution is 5.83. The monoisotopic (exact) mass is 293 g/mol. The Morgan fingerprint density at radius 2 is 1.73 bits per heavy atom. The molecule has 0 bridgehead atoms. The summed E-state index contributed by atoms with van der Waals surface area (Å²) in [6, 6.07) is 16.4. The molecule has 3 heteroatoms. The van der Waals surface area contributed by atoms with Gasteiger partial charge in [-0.3, -0.25) is 4.90 Å². The van der Waals surface area contributed by atoms with Crippen LogP contribution in [0.3, 0.4) is 0 Å². The van der Waals surface area contributed by atoms with Gasteiger partial charge in [-0.05, 0) is 30.5 Å². The number of nitrogens with two attached hydrogens (primary N) is 1. The lowest BCUT2D eigenvalue weighted by molar-refractivity contribution is 0.852. The molecule has 0 radical (unpaired) electrons. The molecule has 0 amide bonds. The van der Waals surface area contributed by atoms with Gasteiger partial charge in [-0.15, -0.1) is 0 Å². The maximum absolute atomic E-state index is 5.62. The van der Waals surface area contributed by atoms with Crippen LogP contribution in [0.4, 0.5) is 5.69 Å². The van der Waals surface area contributed by atoms with Gasteiger partial charge in [-0.2, -0.15) is 0 Å². The van der Waals surface area contributed by atoms with Crippen molar-refractivity contribution in [3.8, 4) is 0 Å². The van der Waals surface area contributed by atoms with E-state index >= 15 is 0 Å². The van der Waals surface area contributed by atoms with Gasteiger partial charge in [0, 0.05) is 11.3 Å². The number of hydrogen-bond donors (Lipinski definition) is 2. The molecule has 0 saturated heterocycles. The molecule has 0 saturated carbocycles. The number of rotatable bonds is 6. The molecule has 0 aromatic heterocycles. The van der Waals surface area contributed by atoms with E-state index in [1.54, 1.807) is 0 Å². The normalized spacial score (nSPS) is 10.1. The predicted molar refractivity (Wildman–Crippen MR) is 95.0 cm³/mol. The highest BCUT2D eigenvalue weighted by Crippen LogP contribution is 2.32. The van der Waals surface area contributed by atoms with Gasteiger partial charge in [0.1, 0.15) is 5.82 Å². The second-order valence-corrected chi connectivity index (χ2v) is 5.17. The average molecular weight is 293 g/mol. The Balaban J connectivity index is 2.54. The van der Waals surface area contributed by atoms with Gasteiger partial charge in [-0.25, -0.2) is 5.84 Å². The Hall–Kier alpha value is -2.52. The van der Waals surface area contributed by atoms with Gasteiger partial charge in [0.25, 0.3) is 0 Å². The molecular weight excluding hydrogens is 270 g/mol. The standard InChI is InChI=1S/C19H23N3/c1-5-17-11-7-9-13-19(17)22(16(4)21-20)15(3)18-12-8-6-10-14(18)2/h6-13,21H,3-5,20H2,1-2H3. The van der Waals surface area contributed by atoms with Gasteiger partial charge in [-0.1, -0.05) is 62.5 Å². The van der Waals surface area contributed by atoms with Crippen LogP contribution >= 0.6 is 0 Å². The third-order valence-electron chi connectivity index (χ3n) is 3.78. The van der Waals surface area contributed by atoms with Crippen molar-refractivity contribution in [3.05, 3.63) is 84.2 Å². The van der Waals surface area contributed by atoms with Gasteiger partial charge >= 0.3 is 0 Å². The quantitative estimate of drug-likeness (QED) is 0.625. The smallest absolute Gasteiger partial charge is 0.117 e. The fraction of sp³-hybridized carbons (Fsp3) is 0.158. The first-order chi connectivity index (χ1) is 10.6. The summed E-state index contributed by atoms with van der Waals surface area (Å²) in [4.78, 5) is 1.97. The highest BCUT2D eigenvalue weighted by atomic mass is 15.4. The molecule has 0 spiro atoms. The first-order valence-electron chi connectivity index (χ1n) is 7.38. The molecule has 0 heterocycles. The summed E-state index contributed by atoms with van der Waals surface area (Å²) in [5, 5.41) is 0. The molecule has 2 rings (SSSR count). The number of hydrogen-bond acceptors (Lipinski definition) is 3. The third kappa shape index (κ3) is 3.05. The molecule has 2 aromatic rings. The molecular formula is C19H23N3. The van der Waals surface area contributed by atoms with Crippen molar-refractivity contribution in [2.45, 2.75) is 20.3 Å². The number of benzene rings is 2. The van der Waals surface area contributed by atoms with Gasteiger partial charge in [0.2, 0.25) is 0 Å². The summed E-state index contributed by atoms with van der Waals surface area (Å²) >= 11 is 0. The third-order valence-corrected chi connectivity index (χ3v) is 3.78. The van der Waals surface area contributed by atoms with Crippen LogP contribution in [-0.4, -0.2) is 0 Å². The Morgan fingerprint density at radius 1 is 1.09 bits per heavy atom. The zero-order valence-electron chi connectivity index (χ0n) is 13.3. The second kappa shape index (κ2) is 6.96. The molecule has 0 unspecified atom stereocenters. The summed E-state index contributed by atoms with van der Waals surface area (Å²) in [5.74, 6) is 6.22. The van der Waals surface area contributed by atoms with Crippen molar-refractivity contribution in [2.24, 2.45) is 5.84 Å². The minimum absolute atomic E-state index is 0.592. The molecule has 22 heavy (non-hydrogen) atoms. The van der Waals surface area contributed by atoms with E-state index in [-0.39, 0.29) is 0 Å². The van der Waals surface area contributed by atoms with Crippen molar-refractivity contribution >= 4 is 11.4 Å². The molecule has 0 aliphatic rings. The second-order valence-electron chi connectivity index (χ2n) is 5.17. The van der Waals surface area contributed by atoms with E-state index in [0.717, 1.165) is 28.9 Å². The van der Waals surface area contributed by atoms with E-state index in [9.17, 15) is 0 Å². The maximum Gasteiger partial charge on any atom is 0.117 e. The van der Waals surface area contributed by atoms with E-state index in [4.69, 9.17) is 5.84 Å². The zero-order valence-corrected chi connectivity index (χ0v) is 13.3. The zero-order chi connectivity index (χ0) is 16.1. The van der Waals surface area contributed by atoms with Crippen molar-refractivity contribution in [1.82, 2.24) is 5.43 Å². The number of aryl methyl sites for hydroxylation is 2. The SMILES string of the molecule is C=C(NN)N(C(=C)c1ccccc1C)c1ccccc1CC. The van der Waals surface area contributed by atoms with E-state index in [1.807, 2.05) is 29.2 Å². The van der Waals surface area contributed by atoms with Crippen molar-refractivity contribution in [1.29, 1.82) is 0 Å². The van der Waals surface area contributed by atoms with Crippen LogP contribution in [0.25, 0.3) is 5.70 Å². The first-order valence-corrected chi connectivity index (χ1v) is 7.38. The van der Waals surface area contributed by atoms with Crippen LogP contribution < -0.4 is 16.2 Å². The van der Waals surface area contributed by atoms with Crippen molar-refractivity contribution < 1.29 is 0 Å². The van der Waals surface area contributed by atoms with E-state index in [0.29, 0.717) is 5.82 Å². The number of anilines is 1. The lowest BCUT2D eigenvalue weighted by Crippen LogP contribution is -2.34. The number of para-hydroxylation sites is 1. The van der Waals surface area contributed by atoms with E-state index < -0.39 is 0 Å². The Kier molecular flexibility index (Phi) is 5.02. The minimum atomic E-state index is 0.592. The molecule has 3 nitrogen and oxygen atoms in total. The average Bonchev–Trinajstić information content (AvgIpc) is 2.55. The van der Waals surface area contributed by atoms with Gasteiger partial charge in [0.15, 0.2) is 0 Å². The predicted octanol–water partition coefficient (Wildman–Crippen LogP) is 3.97. The molecule has 0 atom stereocenters. The number of nitrogens with zero attached hydrogens (tertiary/aromatic N) is 1. The van der Waals surface area contributed by atoms with Gasteiger partial charge in [0.05, 0.1) is 5.69 Å². The van der Waals surface area contributed by atoms with Crippen LogP contribution in [0.15, 0.2) is 67.5 Å². The summed E-state index contributed by atoms with van der Waals surface area (Å²) in [5.41, 5.74) is 8.00. The van der Waals surface area contributed by atoms with E-state index in [1.165, 1.54) is 5.56 Å². The highest BCUT2D eigenvalue weighted by Gasteiger charge is 2.18. The topological polar surface area (TPSA) is 41.3 Å². The van der Waals surface area contributed by atoms with Crippen LogP contribution in [0.1, 0.15) is 23.6 Å². The maximum atomic E-state index is 5.62. The van der Waals surface area contributed by atoms with Crippen LogP contribution in [0.2, 0.25) is 0 Å². The fourth-order valence-corrected chi connectivity index (χ4v) is 2.56. The first kappa shape index (κ1) is 15.9. The molecule has 0 aliphatic heterocycles. The van der Waals surface area contributed by atoms with E-state index in [2.05, 4.69) is 56.7 Å². The van der Waals surface area contributed by atoms with Crippen LogP contribution in [-0.2, 0) is 6.42 Å². The summed E-state index contributed by atoms with van der Waals surface area (Å²) in [6.07, 6.45) is 0.922. The Labute approximate surface area is 132 Å². The Bertz CT molecular complexity index is 689. The lowest BCUT2D eigenvalue weighted by Gasteiger charge is -2.30. The number of hydrazine groups is 1. The molecule has 2 aromatic carbocycles. The summed E-state index contributed by atoms with van der Waals surface area (Å²) in [7, 11) is 0. The molecule has 3 N–H and O–H groups in total. The van der Waals surface area contributed by atoms with Crippen molar-refractivity contribution in [2.75, 3.05) is 4.90 Å². The summed E-state index contributed by atoms with van der Waals surface area (Å²) in [6.45, 7) is 12.5. The van der Waals surface area contributed by atoms with Crippen molar-refractivity contribution in [3.63, 3.8) is 0 Å². The summed E-state index contributed by atoms with van der Waals surface area (Å²) < 4.78 is 0. The molecule has 0 fully saturated rings. The fourth-order valence-electron chi connectivity index (χ4n) is 2.56. The number of nitrogens with one attached hydrogen (secondary N) is 1.